The van der Waals surface area contributed by atoms with Crippen LogP contribution in [0.1, 0.15) is 131 Å². The van der Waals surface area contributed by atoms with Crippen LogP contribution in [0.3, 0.4) is 0 Å². The lowest BCUT2D eigenvalue weighted by molar-refractivity contribution is -0.134. The average molecular weight is 1910 g/mol. The number of aryl methyl sites for hydroxylation is 7. The average Bonchev–Trinajstić information content (AvgIpc) is 1.79. The minimum absolute atomic E-state index is 0.0308. The van der Waals surface area contributed by atoms with Gasteiger partial charge in [0.15, 0.2) is 23.1 Å². The molecule has 23 rings (SSSR count). The number of carbonyl (C=O) groups excluding carboxylic acids is 6. The van der Waals surface area contributed by atoms with Gasteiger partial charge in [-0.1, -0.05) is 182 Å². The third-order valence-corrected chi connectivity index (χ3v) is 29.0. The molecule has 16 aromatic rings. The van der Waals surface area contributed by atoms with E-state index >= 15 is 0 Å². The lowest BCUT2D eigenvalue weighted by Crippen LogP contribution is -2.31. The summed E-state index contributed by atoms with van der Waals surface area (Å²) in [5, 5.41) is 73.3. The Kier molecular flexibility index (Phi) is 31.2. The van der Waals surface area contributed by atoms with Gasteiger partial charge >= 0.3 is 0 Å². The van der Waals surface area contributed by atoms with Crippen molar-refractivity contribution in [2.24, 2.45) is 35.5 Å². The number of pyridine rings is 1. The van der Waals surface area contributed by atoms with Crippen LogP contribution >= 0.6 is 0 Å². The monoisotopic (exact) mass is 1910 g/mol. The van der Waals surface area contributed by atoms with E-state index in [4.69, 9.17) is 49.4 Å². The molecule has 9 N–H and O–H groups in total. The molecule has 0 saturated heterocycles. The summed E-state index contributed by atoms with van der Waals surface area (Å²) < 4.78 is 21.5. The van der Waals surface area contributed by atoms with E-state index in [9.17, 15) is 28.8 Å². The van der Waals surface area contributed by atoms with Gasteiger partial charge in [0.1, 0.15) is 54.6 Å². The topological polar surface area (TPSA) is 373 Å². The number of aromatic nitrogens is 6. The number of aliphatic hydroxyl groups is 4. The highest BCUT2D eigenvalue weighted by Crippen LogP contribution is 2.41. The van der Waals surface area contributed by atoms with E-state index in [1.165, 1.54) is 105 Å². The molecule has 1 aliphatic heterocycles. The van der Waals surface area contributed by atoms with Gasteiger partial charge in [0, 0.05) is 77.8 Å². The van der Waals surface area contributed by atoms with Crippen LogP contribution in [0.4, 0.5) is 0 Å². The van der Waals surface area contributed by atoms with Crippen LogP contribution in [0, 0.1) is 42.4 Å². The number of fused-ring (bicyclic) bond motifs is 10. The van der Waals surface area contributed by atoms with Crippen molar-refractivity contribution in [1.29, 1.82) is 0 Å². The summed E-state index contributed by atoms with van der Waals surface area (Å²) in [6.07, 6.45) is 19.3. The molecule has 5 heterocycles. The van der Waals surface area contributed by atoms with Gasteiger partial charge in [-0.2, -0.15) is 0 Å². The van der Waals surface area contributed by atoms with Crippen molar-refractivity contribution in [3.8, 4) is 89.7 Å². The van der Waals surface area contributed by atoms with E-state index in [1.807, 2.05) is 93.0 Å². The molecule has 24 nitrogen and oxygen atoms in total. The Morgan fingerprint density at radius 3 is 1.21 bits per heavy atom. The summed E-state index contributed by atoms with van der Waals surface area (Å²) in [7, 11) is 0. The molecule has 7 aliphatic rings. The molecule has 2 amide bonds. The van der Waals surface area contributed by atoms with Gasteiger partial charge < -0.3 is 39.3 Å². The Labute approximate surface area is 828 Å². The Hall–Kier alpha value is -14.9. The predicted molar refractivity (Wildman–Crippen MR) is 548 cm³/mol. The van der Waals surface area contributed by atoms with Gasteiger partial charge in [0.2, 0.25) is 23.6 Å². The number of ether oxygens (including phenoxy) is 2. The van der Waals surface area contributed by atoms with Crippen molar-refractivity contribution >= 4 is 67.8 Å². The second-order valence-electron chi connectivity index (χ2n) is 38.5. The van der Waals surface area contributed by atoms with Gasteiger partial charge in [0.25, 0.3) is 0 Å². The van der Waals surface area contributed by atoms with Crippen LogP contribution in [0.25, 0.3) is 111 Å². The summed E-state index contributed by atoms with van der Waals surface area (Å²) in [5.41, 5.74) is 36.6. The number of nitrogens with zero attached hydrogens (tertiary/aromatic N) is 5. The fourth-order valence-electron chi connectivity index (χ4n) is 20.9. The van der Waals surface area contributed by atoms with Gasteiger partial charge in [0.05, 0.1) is 12.7 Å². The highest BCUT2D eigenvalue weighted by atomic mass is 16.6. The van der Waals surface area contributed by atoms with Crippen LogP contribution in [0.15, 0.2) is 270 Å². The zero-order valence-corrected chi connectivity index (χ0v) is 80.3. The maximum absolute atomic E-state index is 11.9. The maximum Gasteiger partial charge on any atom is 0.247 e. The number of benzene rings is 12. The van der Waals surface area contributed by atoms with Crippen LogP contribution < -0.4 is 20.4 Å². The number of amides is 2. The fraction of sp³-hybridized carbons (Fsp3) is 0.286. The Morgan fingerprint density at radius 2 is 0.748 bits per heavy atom. The molecule has 24 heteroatoms. The van der Waals surface area contributed by atoms with E-state index in [-0.39, 0.29) is 103 Å². The molecule has 0 saturated carbocycles. The first kappa shape index (κ1) is 98.3. The summed E-state index contributed by atoms with van der Waals surface area (Å²) in [4.78, 5) is 78.1. The lowest BCUT2D eigenvalue weighted by Gasteiger charge is -2.23. The minimum Gasteiger partial charge on any atom is -0.493 e. The quantitative estimate of drug-likeness (QED) is 0.0268. The Bertz CT molecular complexity index is 7210. The van der Waals surface area contributed by atoms with Gasteiger partial charge in [-0.15, -0.1) is 10.2 Å². The van der Waals surface area contributed by atoms with Crippen molar-refractivity contribution in [1.82, 2.24) is 41.4 Å². The van der Waals surface area contributed by atoms with Crippen molar-refractivity contribution in [2.75, 3.05) is 33.0 Å². The summed E-state index contributed by atoms with van der Waals surface area (Å²) in [6.45, 7) is 5.14. The molecule has 143 heavy (non-hydrogen) atoms. The van der Waals surface area contributed by atoms with E-state index in [0.717, 1.165) is 187 Å². The van der Waals surface area contributed by atoms with Crippen molar-refractivity contribution < 1.29 is 78.1 Å². The molecule has 0 spiro atoms. The summed E-state index contributed by atoms with van der Waals surface area (Å²) in [6, 6.07) is 86.1. The number of H-pyrrole nitrogens is 1. The number of Topliss-reactive ketones (excluding diaryl/α,β-unsaturated/α-hetero) is 4. The molecule has 0 radical (unpaired) electrons. The summed E-state index contributed by atoms with van der Waals surface area (Å²) in [5.74, 6) is 1.64. The van der Waals surface area contributed by atoms with Gasteiger partial charge in [-0.3, -0.25) is 39.2 Å². The number of aromatic amines is 1. The smallest absolute Gasteiger partial charge is 0.247 e. The molecule has 12 aromatic carbocycles. The van der Waals surface area contributed by atoms with Crippen molar-refractivity contribution in [2.45, 2.75) is 149 Å². The first-order valence-corrected chi connectivity index (χ1v) is 49.4. The number of hydrogen-bond donors (Lipinski definition) is 9. The zero-order valence-electron chi connectivity index (χ0n) is 80.3. The second-order valence-corrected chi connectivity index (χ2v) is 38.5. The normalized spacial score (nSPS) is 17.1. The molecule has 6 unspecified atom stereocenters. The Balaban J connectivity index is 0.000000113. The van der Waals surface area contributed by atoms with E-state index in [2.05, 4.69) is 212 Å². The zero-order chi connectivity index (χ0) is 99.2. The van der Waals surface area contributed by atoms with E-state index in [0.29, 0.717) is 37.5 Å². The van der Waals surface area contributed by atoms with E-state index < -0.39 is 0 Å². The molecular weight excluding hydrogens is 1800 g/mol. The number of carbonyl (C=O) groups is 6. The van der Waals surface area contributed by atoms with E-state index in [1.54, 1.807) is 17.9 Å². The maximum atomic E-state index is 11.9. The molecular formula is C119H116N8O16. The van der Waals surface area contributed by atoms with Crippen LogP contribution in [-0.4, -0.2) is 135 Å². The van der Waals surface area contributed by atoms with Crippen molar-refractivity contribution in [3.05, 3.63) is 339 Å². The standard InChI is InChI=1S/C22H20O2.C21H20N2O3.C21H24O3.C19H19NO3.C18H17N3O2.C18H16N2O3/c23-14-22(24)20-10-7-16-6-9-19(12-21(16)13-20)18-8-5-15-3-1-2-4-17(15)11-18;1-13-22-23-21(26-13)18-4-2-3-15(9-18)16-7-5-14-6-8-17(20(25)12-24)11-19(14)10-16;1-14(2)24-20-9-7-15(8-10-20)17-5-3-16-4-6-18(21(23)13-22)12-19(16)11-17;21-19(20-22)16-4-2-12-1-3-13(10-17(12)11-16)14-5-6-18-15(9-14)7-8-23-18;22-18(21-23)14-4-2-11-1-3-12(7-15(11)9-14)16-8-13-5-6-19-17(13)20-10-16;21-10-18(22)14-4-2-11-1-3-12(7-15(11)8-14)13-5-6-16-17(9-13)20-23-19-16/h1-6,8-9,11-12,20,23H,7,10,13-14H2;2-5,7,9-10,17,24H,6,8,11-12H2,1H3;3,5,7-11,14,18,22H,4,6,12-13H2,1-2H3;1,3,5-6,9-10,16,22H,2,4,7-8,11H2,(H,20,21);1,3,5-8,10,14,23H,2,4,9H2,(H,19,20)(H,21,22);1,3,5-7,9,14,21H,2,4,8,10H2. The molecule has 0 fully saturated rings. The minimum atomic E-state index is -0.370. The van der Waals surface area contributed by atoms with Crippen LogP contribution in [-0.2, 0) is 112 Å². The number of nitrogens with one attached hydrogen (secondary N) is 3. The van der Waals surface area contributed by atoms with Crippen molar-refractivity contribution in [3.63, 3.8) is 0 Å². The first-order chi connectivity index (χ1) is 69.7. The number of rotatable bonds is 19. The second kappa shape index (κ2) is 45.4. The number of hydroxylamine groups is 2. The summed E-state index contributed by atoms with van der Waals surface area (Å²) >= 11 is 0. The third-order valence-electron chi connectivity index (χ3n) is 29.0. The first-order valence-electron chi connectivity index (χ1n) is 49.4. The SMILES string of the molecule is CC(C)Oc1ccc(-c2ccc3c(c2)CC(C(=O)CO)CC3)cc1.Cc1nnc(-c2cccc(-c3ccc4c(c3)CC(C(=O)CO)CC4)c2)o1.O=C(CO)C1CCc2ccc(-c3ccc4ccccc4c3)cc2C1.O=C(CO)C1CCc2ccc(-c3ccc4nonc4c3)cc2C1.O=C(NO)C1CCc2ccc(-c3ccc4c(c3)CCO4)cc2C1.O=C(NO)C1CCc2ccc(-c3cnc4[nH]ccc4c3)cc2C1. The Morgan fingerprint density at radius 1 is 0.364 bits per heavy atom. The third kappa shape index (κ3) is 23.5. The van der Waals surface area contributed by atoms with Gasteiger partial charge in [-0.25, -0.2) is 20.6 Å². The highest BCUT2D eigenvalue weighted by Gasteiger charge is 2.32. The largest absolute Gasteiger partial charge is 0.493 e. The predicted octanol–water partition coefficient (Wildman–Crippen LogP) is 19.7. The van der Waals surface area contributed by atoms with Crippen LogP contribution in [0.5, 0.6) is 11.5 Å². The molecule has 4 aromatic heterocycles. The molecule has 6 atom stereocenters. The molecule has 0 bridgehead atoms. The number of ketones is 4. The number of hydrogen-bond acceptors (Lipinski definition) is 21. The van der Waals surface area contributed by atoms with Gasteiger partial charge in [-0.05, 0) is 351 Å². The fourth-order valence-corrected chi connectivity index (χ4v) is 20.9. The molecule has 728 valence electrons. The van der Waals surface area contributed by atoms with Crippen LogP contribution in [0.2, 0.25) is 0 Å². The highest BCUT2D eigenvalue weighted by molar-refractivity contribution is 5.90. The number of aliphatic hydroxyl groups excluding tert-OH is 4. The molecule has 6 aliphatic carbocycles. The lowest BCUT2D eigenvalue weighted by atomic mass is 9.80.